The van der Waals surface area contributed by atoms with Crippen LogP contribution in [0.25, 0.3) is 0 Å². The summed E-state index contributed by atoms with van der Waals surface area (Å²) >= 11 is 0. The lowest BCUT2D eigenvalue weighted by molar-refractivity contribution is 0.163. The van der Waals surface area contributed by atoms with E-state index in [1.54, 1.807) is 11.8 Å². The molecule has 0 aromatic rings. The average Bonchev–Trinajstić information content (AvgIpc) is 2.18. The second-order valence-electron chi connectivity index (χ2n) is 3.09. The van der Waals surface area contributed by atoms with Crippen molar-refractivity contribution in [3.63, 3.8) is 0 Å². The molecular weight excluding hydrogens is 220 g/mol. The Balaban J connectivity index is 3.79. The van der Waals surface area contributed by atoms with Gasteiger partial charge in [-0.15, -0.1) is 0 Å². The Morgan fingerprint density at radius 1 is 1.13 bits per heavy atom. The maximum absolute atomic E-state index is 11.1. The van der Waals surface area contributed by atoms with Crippen LogP contribution in [0, 0.1) is 0 Å². The van der Waals surface area contributed by atoms with Crippen LogP contribution in [0.2, 0.25) is 0 Å². The van der Waals surface area contributed by atoms with E-state index < -0.39 is 10.0 Å². The summed E-state index contributed by atoms with van der Waals surface area (Å²) in [6.45, 7) is 3.24. The van der Waals surface area contributed by atoms with Gasteiger partial charge in [0.25, 0.3) is 0 Å². The predicted molar refractivity (Wildman–Crippen MR) is 58.1 cm³/mol. The standard InChI is InChI=1S/C8H20N2O4S/c1-2-15(13,14)9-3-4-10(5-7-11)6-8-12/h9,11-12H,2-8H2,1H3. The van der Waals surface area contributed by atoms with E-state index >= 15 is 0 Å². The van der Waals surface area contributed by atoms with Gasteiger partial charge in [0.2, 0.25) is 10.0 Å². The zero-order valence-corrected chi connectivity index (χ0v) is 9.83. The molecule has 0 amide bonds. The molecule has 0 aliphatic heterocycles. The van der Waals surface area contributed by atoms with Crippen molar-refractivity contribution in [1.82, 2.24) is 9.62 Å². The molecule has 0 radical (unpaired) electrons. The van der Waals surface area contributed by atoms with E-state index in [4.69, 9.17) is 10.2 Å². The van der Waals surface area contributed by atoms with Crippen LogP contribution in [-0.4, -0.2) is 68.7 Å². The largest absolute Gasteiger partial charge is 0.395 e. The summed E-state index contributed by atoms with van der Waals surface area (Å²) in [4.78, 5) is 1.79. The van der Waals surface area contributed by atoms with Crippen molar-refractivity contribution in [2.24, 2.45) is 0 Å². The number of aliphatic hydroxyl groups excluding tert-OH is 2. The third kappa shape index (κ3) is 7.69. The Morgan fingerprint density at radius 2 is 1.67 bits per heavy atom. The Bertz CT molecular complexity index is 237. The SMILES string of the molecule is CCS(=O)(=O)NCCN(CCO)CCO. The first-order valence-corrected chi connectivity index (χ1v) is 6.62. The fraction of sp³-hybridized carbons (Fsp3) is 1.00. The Morgan fingerprint density at radius 3 is 2.07 bits per heavy atom. The van der Waals surface area contributed by atoms with Crippen LogP contribution in [0.3, 0.4) is 0 Å². The number of rotatable bonds is 9. The van der Waals surface area contributed by atoms with Crippen LogP contribution in [0.4, 0.5) is 0 Å². The van der Waals surface area contributed by atoms with E-state index in [1.165, 1.54) is 0 Å². The molecule has 0 spiro atoms. The van der Waals surface area contributed by atoms with Crippen molar-refractivity contribution in [2.75, 3.05) is 45.1 Å². The zero-order chi connectivity index (χ0) is 11.7. The minimum atomic E-state index is -3.15. The smallest absolute Gasteiger partial charge is 0.211 e. The van der Waals surface area contributed by atoms with Crippen LogP contribution < -0.4 is 4.72 Å². The van der Waals surface area contributed by atoms with Crippen LogP contribution in [0.15, 0.2) is 0 Å². The van der Waals surface area contributed by atoms with Crippen LogP contribution in [-0.2, 0) is 10.0 Å². The first-order valence-electron chi connectivity index (χ1n) is 4.97. The molecule has 0 heterocycles. The van der Waals surface area contributed by atoms with Gasteiger partial charge in [0, 0.05) is 26.2 Å². The molecule has 7 heteroatoms. The predicted octanol–water partition coefficient (Wildman–Crippen LogP) is -1.79. The van der Waals surface area contributed by atoms with Crippen LogP contribution in [0.5, 0.6) is 0 Å². The first kappa shape index (κ1) is 14.8. The Kier molecular flexibility index (Phi) is 7.89. The molecule has 0 aliphatic carbocycles. The molecule has 0 aromatic heterocycles. The maximum atomic E-state index is 11.1. The average molecular weight is 240 g/mol. The molecule has 0 atom stereocenters. The molecule has 0 rings (SSSR count). The van der Waals surface area contributed by atoms with Gasteiger partial charge in [-0.1, -0.05) is 0 Å². The van der Waals surface area contributed by atoms with Crippen molar-refractivity contribution < 1.29 is 18.6 Å². The van der Waals surface area contributed by atoms with Gasteiger partial charge in [0.15, 0.2) is 0 Å². The van der Waals surface area contributed by atoms with E-state index in [1.807, 2.05) is 0 Å². The number of nitrogens with zero attached hydrogens (tertiary/aromatic N) is 1. The summed E-state index contributed by atoms with van der Waals surface area (Å²) in [5, 5.41) is 17.4. The number of nitrogens with one attached hydrogen (secondary N) is 1. The lowest BCUT2D eigenvalue weighted by Gasteiger charge is -2.19. The molecular formula is C8H20N2O4S. The molecule has 0 saturated carbocycles. The van der Waals surface area contributed by atoms with Crippen molar-refractivity contribution in [3.8, 4) is 0 Å². The molecule has 0 saturated heterocycles. The molecule has 0 bridgehead atoms. The highest BCUT2D eigenvalue weighted by molar-refractivity contribution is 7.89. The summed E-state index contributed by atoms with van der Waals surface area (Å²) in [7, 11) is -3.15. The molecule has 15 heavy (non-hydrogen) atoms. The van der Waals surface area contributed by atoms with E-state index in [2.05, 4.69) is 4.72 Å². The maximum Gasteiger partial charge on any atom is 0.211 e. The Hall–Kier alpha value is -0.210. The molecule has 3 N–H and O–H groups in total. The molecule has 0 aromatic carbocycles. The van der Waals surface area contributed by atoms with Gasteiger partial charge < -0.3 is 10.2 Å². The third-order valence-electron chi connectivity index (χ3n) is 1.96. The van der Waals surface area contributed by atoms with Crippen molar-refractivity contribution >= 4 is 10.0 Å². The highest BCUT2D eigenvalue weighted by Crippen LogP contribution is 1.87. The summed E-state index contributed by atoms with van der Waals surface area (Å²) < 4.78 is 24.6. The molecule has 0 aliphatic rings. The highest BCUT2D eigenvalue weighted by Gasteiger charge is 2.07. The van der Waals surface area contributed by atoms with E-state index in [0.29, 0.717) is 26.2 Å². The molecule has 6 nitrogen and oxygen atoms in total. The fourth-order valence-electron chi connectivity index (χ4n) is 1.08. The molecule has 0 unspecified atom stereocenters. The fourth-order valence-corrected chi connectivity index (χ4v) is 1.69. The summed E-state index contributed by atoms with van der Waals surface area (Å²) in [6, 6.07) is 0. The van der Waals surface area contributed by atoms with Gasteiger partial charge in [-0.25, -0.2) is 13.1 Å². The van der Waals surface area contributed by atoms with Crippen LogP contribution >= 0.6 is 0 Å². The number of sulfonamides is 1. The minimum Gasteiger partial charge on any atom is -0.395 e. The number of hydrogen-bond donors (Lipinski definition) is 3. The summed E-state index contributed by atoms with van der Waals surface area (Å²) in [6.07, 6.45) is 0. The number of aliphatic hydroxyl groups is 2. The number of hydrogen-bond acceptors (Lipinski definition) is 5. The summed E-state index contributed by atoms with van der Waals surface area (Å²) in [5.74, 6) is 0.0625. The summed E-state index contributed by atoms with van der Waals surface area (Å²) in [5.41, 5.74) is 0. The normalized spacial score (nSPS) is 12.3. The quantitative estimate of drug-likeness (QED) is 0.443. The zero-order valence-electron chi connectivity index (χ0n) is 9.02. The van der Waals surface area contributed by atoms with Crippen molar-refractivity contribution in [1.29, 1.82) is 0 Å². The van der Waals surface area contributed by atoms with E-state index in [9.17, 15) is 8.42 Å². The molecule has 92 valence electrons. The minimum absolute atomic E-state index is 0.000524. The van der Waals surface area contributed by atoms with Gasteiger partial charge in [0.05, 0.1) is 19.0 Å². The van der Waals surface area contributed by atoms with Gasteiger partial charge >= 0.3 is 0 Å². The first-order chi connectivity index (χ1) is 7.05. The van der Waals surface area contributed by atoms with Crippen LogP contribution in [0.1, 0.15) is 6.92 Å². The Labute approximate surface area is 91.0 Å². The topological polar surface area (TPSA) is 89.9 Å². The lowest BCUT2D eigenvalue weighted by Crippen LogP contribution is -2.38. The van der Waals surface area contributed by atoms with Gasteiger partial charge in [0.1, 0.15) is 0 Å². The van der Waals surface area contributed by atoms with Gasteiger partial charge in [-0.3, -0.25) is 4.90 Å². The lowest BCUT2D eigenvalue weighted by atomic mass is 10.4. The third-order valence-corrected chi connectivity index (χ3v) is 3.37. The van der Waals surface area contributed by atoms with Crippen molar-refractivity contribution in [2.45, 2.75) is 6.92 Å². The highest BCUT2D eigenvalue weighted by atomic mass is 32.2. The molecule has 0 fully saturated rings. The van der Waals surface area contributed by atoms with E-state index in [-0.39, 0.29) is 19.0 Å². The van der Waals surface area contributed by atoms with Crippen molar-refractivity contribution in [3.05, 3.63) is 0 Å². The van der Waals surface area contributed by atoms with Gasteiger partial charge in [-0.2, -0.15) is 0 Å². The van der Waals surface area contributed by atoms with Gasteiger partial charge in [-0.05, 0) is 6.92 Å². The monoisotopic (exact) mass is 240 g/mol. The second kappa shape index (κ2) is 8.00. The second-order valence-corrected chi connectivity index (χ2v) is 5.18. The van der Waals surface area contributed by atoms with E-state index in [0.717, 1.165) is 0 Å².